The van der Waals surface area contributed by atoms with Gasteiger partial charge in [-0.05, 0) is 57.3 Å². The molecule has 0 spiro atoms. The summed E-state index contributed by atoms with van der Waals surface area (Å²) in [7, 11) is 0. The van der Waals surface area contributed by atoms with Crippen molar-refractivity contribution in [1.29, 1.82) is 0 Å². The van der Waals surface area contributed by atoms with E-state index in [9.17, 15) is 0 Å². The minimum atomic E-state index is 0. The van der Waals surface area contributed by atoms with Gasteiger partial charge >= 0.3 is 28.4 Å². The van der Waals surface area contributed by atoms with Crippen LogP contribution < -0.4 is 4.98 Å². The van der Waals surface area contributed by atoms with Gasteiger partial charge in [0.2, 0.25) is 11.4 Å². The van der Waals surface area contributed by atoms with Crippen molar-refractivity contribution in [2.45, 2.75) is 0 Å². The number of hydrogen-bond acceptors (Lipinski definition) is 0. The minimum absolute atomic E-state index is 0. The molecule has 9 aromatic rings. The molecule has 1 aromatic heterocycles. The van der Waals surface area contributed by atoms with Crippen LogP contribution in [0.15, 0.2) is 219 Å². The van der Waals surface area contributed by atoms with Crippen LogP contribution in [-0.4, -0.2) is 15.2 Å². The van der Waals surface area contributed by atoms with Gasteiger partial charge in [-0.1, -0.05) is 191 Å². The zero-order chi connectivity index (χ0) is 36.1. The predicted molar refractivity (Wildman–Crippen MR) is 223 cm³/mol. The minimum Gasteiger partial charge on any atom is -0.657 e. The van der Waals surface area contributed by atoms with Crippen LogP contribution in [0.2, 0.25) is 0 Å². The van der Waals surface area contributed by atoms with Crippen molar-refractivity contribution in [3.8, 4) is 44.5 Å². The van der Waals surface area contributed by atoms with Gasteiger partial charge in [-0.3, -0.25) is 0 Å². The average Bonchev–Trinajstić information content (AvgIpc) is 3.90. The van der Waals surface area contributed by atoms with Gasteiger partial charge in [0.25, 0.3) is 12.4 Å². The summed E-state index contributed by atoms with van der Waals surface area (Å²) in [4.78, 5) is 4.52. The number of fused-ring (bicyclic) bond motifs is 3. The summed E-state index contributed by atoms with van der Waals surface area (Å²) in [6.45, 7) is 0. The summed E-state index contributed by atoms with van der Waals surface area (Å²) in [5, 5.41) is 2.50. The van der Waals surface area contributed by atoms with E-state index in [2.05, 4.69) is 227 Å². The van der Waals surface area contributed by atoms with E-state index in [0.717, 1.165) is 44.7 Å². The van der Waals surface area contributed by atoms with Crippen molar-refractivity contribution < 1.29 is 31.5 Å². The molecule has 0 bridgehead atoms. The molecule has 0 radical (unpaired) electrons. The van der Waals surface area contributed by atoms with Crippen LogP contribution >= 0.6 is 0 Å². The fourth-order valence-electron chi connectivity index (χ4n) is 7.30. The first-order chi connectivity index (χ1) is 26.8. The van der Waals surface area contributed by atoms with Gasteiger partial charge < -0.3 is 4.98 Å². The Morgan fingerprint density at radius 2 is 0.600 bits per heavy atom. The van der Waals surface area contributed by atoms with E-state index in [1.54, 1.807) is 0 Å². The van der Waals surface area contributed by atoms with Crippen molar-refractivity contribution in [3.63, 3.8) is 0 Å². The van der Waals surface area contributed by atoms with Crippen molar-refractivity contribution in [1.82, 2.24) is 4.98 Å². The second-order valence-electron chi connectivity index (χ2n) is 13.2. The summed E-state index contributed by atoms with van der Waals surface area (Å²) in [6.07, 6.45) is 4.23. The third kappa shape index (κ3) is 7.22. The van der Waals surface area contributed by atoms with Crippen LogP contribution in [-0.2, 0) is 22.4 Å². The molecule has 4 heteroatoms. The number of nitrogens with zero attached hydrogens (tertiary/aromatic N) is 3. The average molecular weight is 888 g/mol. The molecule has 0 unspecified atom stereocenters. The molecule has 0 atom stereocenters. The number of benzene rings is 8. The maximum absolute atomic E-state index is 4.52. The maximum atomic E-state index is 4.52. The van der Waals surface area contributed by atoms with E-state index >= 15 is 0 Å². The quantitative estimate of drug-likeness (QED) is 0.120. The first-order valence-corrected chi connectivity index (χ1v) is 18.2. The Morgan fingerprint density at radius 3 is 0.927 bits per heavy atom. The smallest absolute Gasteiger partial charge is 0.657 e. The van der Waals surface area contributed by atoms with E-state index in [1.165, 1.54) is 33.0 Å². The standard InChI is InChI=1S/C39H28N2.C12H8N.Au/c1-5-15-30(16-6-1)34-23-13-24-35(31-17-7-2-8-18-31)38(34)40-27-28-41(29-40)39-36(32-19-9-3-10-20-32)25-14-26-37(39)33-21-11-4-12-22-33;1-3-7-11-9(5-1)10-6-2-4-8-12(10)13-11;/h1-28H;1-8H;/q+2;-1;+1. The molecule has 2 heterocycles. The fraction of sp³-hybridized carbons (Fsp3) is 0. The Labute approximate surface area is 337 Å². The summed E-state index contributed by atoms with van der Waals surface area (Å²) < 4.78 is 4.28. The van der Waals surface area contributed by atoms with Crippen LogP contribution in [0.5, 0.6) is 0 Å². The van der Waals surface area contributed by atoms with Gasteiger partial charge in [0.15, 0.2) is 0 Å². The molecule has 1 aliphatic heterocycles. The van der Waals surface area contributed by atoms with Crippen molar-refractivity contribution in [3.05, 3.63) is 219 Å². The monoisotopic (exact) mass is 887 g/mol. The molecule has 264 valence electrons. The summed E-state index contributed by atoms with van der Waals surface area (Å²) in [6, 6.07) is 75.6. The number of rotatable bonds is 6. The van der Waals surface area contributed by atoms with Gasteiger partial charge in [0.05, 0.1) is 22.3 Å². The fourth-order valence-corrected chi connectivity index (χ4v) is 7.30. The van der Waals surface area contributed by atoms with Crippen LogP contribution in [0, 0.1) is 0 Å². The van der Waals surface area contributed by atoms with Gasteiger partial charge in [0.1, 0.15) is 0 Å². The summed E-state index contributed by atoms with van der Waals surface area (Å²) in [5.74, 6) is 0. The van der Waals surface area contributed by atoms with E-state index in [4.69, 9.17) is 0 Å². The Kier molecular flexibility index (Phi) is 10.4. The van der Waals surface area contributed by atoms with E-state index < -0.39 is 0 Å². The zero-order valence-electron chi connectivity index (χ0n) is 29.9. The third-order valence-electron chi connectivity index (χ3n) is 9.81. The second kappa shape index (κ2) is 16.2. The molecule has 0 fully saturated rings. The van der Waals surface area contributed by atoms with Crippen LogP contribution in [0.4, 0.5) is 11.4 Å². The molecule has 1 aliphatic rings. The number of para-hydroxylation sites is 4. The molecule has 55 heavy (non-hydrogen) atoms. The number of aromatic nitrogens is 1. The second-order valence-corrected chi connectivity index (χ2v) is 13.2. The molecule has 0 saturated carbocycles. The SMILES string of the molecule is C1=[N+](c2c(-c3ccccc3)cccc2-c2ccccc2)C=C[N+]=1c1c(-c2ccccc2)cccc1-c1ccccc1.[Au+].c1ccc2c(c1)[n-]c1ccccc12. The maximum Gasteiger partial charge on any atom is 1.00 e. The van der Waals surface area contributed by atoms with Crippen molar-refractivity contribution in [2.75, 3.05) is 0 Å². The third-order valence-corrected chi connectivity index (χ3v) is 9.81. The molecule has 8 aromatic carbocycles. The molecule has 0 N–H and O–H groups in total. The van der Waals surface area contributed by atoms with Gasteiger partial charge in [-0.25, -0.2) is 0 Å². The Morgan fingerprint density at radius 1 is 0.309 bits per heavy atom. The topological polar surface area (TPSA) is 20.1 Å². The van der Waals surface area contributed by atoms with Crippen molar-refractivity contribution in [2.24, 2.45) is 0 Å². The summed E-state index contributed by atoms with van der Waals surface area (Å²) >= 11 is 0. The predicted octanol–water partition coefficient (Wildman–Crippen LogP) is 12.9. The van der Waals surface area contributed by atoms with Gasteiger partial charge in [-0.15, -0.1) is 11.0 Å². The van der Waals surface area contributed by atoms with Gasteiger partial charge in [-0.2, -0.15) is 0 Å². The molecular formula is C51H36AuN3+2. The van der Waals surface area contributed by atoms with Crippen molar-refractivity contribution >= 4 is 39.2 Å². The first-order valence-electron chi connectivity index (χ1n) is 18.2. The first kappa shape index (κ1) is 35.5. The van der Waals surface area contributed by atoms with E-state index in [0.29, 0.717) is 0 Å². The molecule has 0 amide bonds. The van der Waals surface area contributed by atoms with E-state index in [-0.39, 0.29) is 22.4 Å². The molecule has 3 nitrogen and oxygen atoms in total. The Balaban J connectivity index is 0.000000256. The van der Waals surface area contributed by atoms with Crippen LogP contribution in [0.1, 0.15) is 0 Å². The van der Waals surface area contributed by atoms with E-state index in [1.807, 2.05) is 12.1 Å². The Hall–Kier alpha value is -6.58. The van der Waals surface area contributed by atoms with Crippen LogP contribution in [0.25, 0.3) is 66.3 Å². The molecular weight excluding hydrogens is 852 g/mol. The largest absolute Gasteiger partial charge is 1.00 e. The summed E-state index contributed by atoms with van der Waals surface area (Å²) in [5.41, 5.74) is 13.7. The molecule has 10 rings (SSSR count). The molecule has 0 aliphatic carbocycles. The van der Waals surface area contributed by atoms with Crippen LogP contribution in [0.3, 0.4) is 0 Å². The normalized spacial score (nSPS) is 11.7. The zero-order valence-corrected chi connectivity index (χ0v) is 32.1. The van der Waals surface area contributed by atoms with Gasteiger partial charge in [0, 0.05) is 0 Å². The Bertz CT molecular complexity index is 2530. The number of hydrogen-bond donors (Lipinski definition) is 0. The molecule has 0 saturated heterocycles.